The van der Waals surface area contributed by atoms with Gasteiger partial charge >= 0.3 is 5.97 Å². The Morgan fingerprint density at radius 3 is 2.72 bits per heavy atom. The van der Waals surface area contributed by atoms with Gasteiger partial charge in [-0.2, -0.15) is 0 Å². The Balaban J connectivity index is 2.14. The molecule has 0 saturated carbocycles. The first-order chi connectivity index (χ1) is 13.9. The summed E-state index contributed by atoms with van der Waals surface area (Å²) in [5, 5.41) is 9.53. The summed E-state index contributed by atoms with van der Waals surface area (Å²) >= 11 is 0. The fourth-order valence-electron chi connectivity index (χ4n) is 4.16. The average Bonchev–Trinajstić information content (AvgIpc) is 2.71. The van der Waals surface area contributed by atoms with Gasteiger partial charge in [-0.05, 0) is 74.0 Å². The number of aryl methyl sites for hydroxylation is 1. The normalized spacial score (nSPS) is 22.9. The van der Waals surface area contributed by atoms with E-state index in [0.717, 1.165) is 56.9 Å². The quantitative estimate of drug-likeness (QED) is 0.489. The molecule has 2 bridgehead atoms. The van der Waals surface area contributed by atoms with E-state index in [1.165, 1.54) is 11.1 Å². The number of carbonyl (C=O) groups excluding carboxylic acids is 1. The molecule has 0 amide bonds. The maximum atomic E-state index is 12.4. The molecule has 1 N–H and O–H groups in total. The van der Waals surface area contributed by atoms with Crippen LogP contribution in [0.5, 0.6) is 0 Å². The van der Waals surface area contributed by atoms with E-state index in [-0.39, 0.29) is 30.0 Å². The van der Waals surface area contributed by atoms with E-state index in [0.29, 0.717) is 6.42 Å². The molecule has 0 fully saturated rings. The van der Waals surface area contributed by atoms with Crippen molar-refractivity contribution in [2.75, 3.05) is 6.61 Å². The summed E-state index contributed by atoms with van der Waals surface area (Å²) in [5.74, 6) is 0.0410. The fourth-order valence-corrected chi connectivity index (χ4v) is 4.16. The predicted octanol–water partition coefficient (Wildman–Crippen LogP) is 6.13. The average molecular weight is 401 g/mol. The Morgan fingerprint density at radius 1 is 1.24 bits per heavy atom. The molecule has 1 aliphatic rings. The molecule has 1 heterocycles. The summed E-state index contributed by atoms with van der Waals surface area (Å²) in [6, 6.07) is 8.98. The van der Waals surface area contributed by atoms with Crippen LogP contribution in [0.3, 0.4) is 0 Å². The molecule has 0 saturated heterocycles. The molecule has 0 spiro atoms. The molecule has 1 aliphatic heterocycles. The van der Waals surface area contributed by atoms with E-state index in [9.17, 15) is 9.90 Å². The van der Waals surface area contributed by atoms with Crippen molar-refractivity contribution in [1.29, 1.82) is 0 Å². The second kappa shape index (κ2) is 11.5. The summed E-state index contributed by atoms with van der Waals surface area (Å²) in [6.07, 6.45) is 10.3. The first-order valence-electron chi connectivity index (χ1n) is 11.4. The Labute approximate surface area is 177 Å². The van der Waals surface area contributed by atoms with Crippen LogP contribution in [0.25, 0.3) is 0 Å². The minimum Gasteiger partial charge on any atom is -0.458 e. The van der Waals surface area contributed by atoms with Gasteiger partial charge in [0.05, 0.1) is 0 Å². The Hall–Kier alpha value is -1.61. The SMILES string of the molecule is CC[C@H](/C=C(/C)[C@@H]1CCCCC(C)(C)c2cccc(c2)CCCCC(=O)O1)CO. The fraction of sp³-hybridized carbons (Fsp3) is 0.654. The maximum absolute atomic E-state index is 12.4. The largest absolute Gasteiger partial charge is 0.458 e. The minimum atomic E-state index is -0.169. The van der Waals surface area contributed by atoms with Gasteiger partial charge in [-0.15, -0.1) is 0 Å². The van der Waals surface area contributed by atoms with Crippen LogP contribution in [-0.4, -0.2) is 23.8 Å². The number of rotatable bonds is 4. The van der Waals surface area contributed by atoms with Crippen LogP contribution in [0.4, 0.5) is 0 Å². The van der Waals surface area contributed by atoms with Crippen molar-refractivity contribution in [2.24, 2.45) is 5.92 Å². The molecule has 1 aromatic carbocycles. The lowest BCUT2D eigenvalue weighted by molar-refractivity contribution is -0.147. The van der Waals surface area contributed by atoms with Gasteiger partial charge in [-0.3, -0.25) is 4.79 Å². The highest BCUT2D eigenvalue weighted by molar-refractivity contribution is 5.69. The summed E-state index contributed by atoms with van der Waals surface area (Å²) in [5.41, 5.74) is 4.01. The Morgan fingerprint density at radius 2 is 2.00 bits per heavy atom. The topological polar surface area (TPSA) is 46.5 Å². The third-order valence-corrected chi connectivity index (χ3v) is 6.36. The van der Waals surface area contributed by atoms with Crippen molar-refractivity contribution < 1.29 is 14.6 Å². The molecule has 1 aromatic rings. The zero-order valence-corrected chi connectivity index (χ0v) is 18.9. The molecule has 0 aliphatic carbocycles. The van der Waals surface area contributed by atoms with E-state index in [2.05, 4.69) is 51.1 Å². The monoisotopic (exact) mass is 400 g/mol. The number of hydrogen-bond acceptors (Lipinski definition) is 3. The van der Waals surface area contributed by atoms with Crippen molar-refractivity contribution in [3.8, 4) is 0 Å². The number of esters is 1. The number of fused-ring (bicyclic) bond motifs is 2. The van der Waals surface area contributed by atoms with Crippen molar-refractivity contribution >= 4 is 5.97 Å². The molecule has 3 heteroatoms. The minimum absolute atomic E-state index is 0.0938. The van der Waals surface area contributed by atoms with Crippen molar-refractivity contribution in [2.45, 2.75) is 97.0 Å². The van der Waals surface area contributed by atoms with Gasteiger partial charge in [0.2, 0.25) is 0 Å². The molecule has 0 unspecified atom stereocenters. The highest BCUT2D eigenvalue weighted by atomic mass is 16.5. The lowest BCUT2D eigenvalue weighted by Gasteiger charge is -2.26. The van der Waals surface area contributed by atoms with Gasteiger partial charge in [0.25, 0.3) is 0 Å². The van der Waals surface area contributed by atoms with E-state index in [4.69, 9.17) is 4.74 Å². The van der Waals surface area contributed by atoms with E-state index in [1.54, 1.807) is 0 Å². The van der Waals surface area contributed by atoms with Crippen molar-refractivity contribution in [1.82, 2.24) is 0 Å². The van der Waals surface area contributed by atoms with E-state index in [1.807, 2.05) is 6.92 Å². The van der Waals surface area contributed by atoms with E-state index < -0.39 is 0 Å². The summed E-state index contributed by atoms with van der Waals surface area (Å²) in [7, 11) is 0. The molecule has 2 rings (SSSR count). The maximum Gasteiger partial charge on any atom is 0.306 e. The molecular weight excluding hydrogens is 360 g/mol. The molecule has 0 aromatic heterocycles. The van der Waals surface area contributed by atoms with Gasteiger partial charge in [-0.25, -0.2) is 0 Å². The molecule has 3 nitrogen and oxygen atoms in total. The second-order valence-electron chi connectivity index (χ2n) is 9.28. The third kappa shape index (κ3) is 7.62. The number of hydrogen-bond donors (Lipinski definition) is 1. The lowest BCUT2D eigenvalue weighted by atomic mass is 9.79. The number of aliphatic hydroxyl groups is 1. The third-order valence-electron chi connectivity index (χ3n) is 6.36. The number of benzene rings is 1. The van der Waals surface area contributed by atoms with Gasteiger partial charge in [0.15, 0.2) is 0 Å². The molecule has 2 atom stereocenters. The molecule has 162 valence electrons. The number of cyclic esters (lactones) is 1. The van der Waals surface area contributed by atoms with Crippen LogP contribution in [0, 0.1) is 5.92 Å². The lowest BCUT2D eigenvalue weighted by Crippen LogP contribution is -2.21. The van der Waals surface area contributed by atoms with Crippen LogP contribution in [0.1, 0.15) is 90.2 Å². The predicted molar refractivity (Wildman–Crippen MR) is 120 cm³/mol. The van der Waals surface area contributed by atoms with Gasteiger partial charge in [0.1, 0.15) is 6.10 Å². The second-order valence-corrected chi connectivity index (χ2v) is 9.28. The number of ether oxygens (including phenoxy) is 1. The number of aliphatic hydroxyl groups excluding tert-OH is 1. The van der Waals surface area contributed by atoms with Crippen LogP contribution >= 0.6 is 0 Å². The van der Waals surface area contributed by atoms with E-state index >= 15 is 0 Å². The zero-order valence-electron chi connectivity index (χ0n) is 18.9. The summed E-state index contributed by atoms with van der Waals surface area (Å²) in [4.78, 5) is 12.4. The van der Waals surface area contributed by atoms with Gasteiger partial charge in [0, 0.05) is 18.9 Å². The van der Waals surface area contributed by atoms with Gasteiger partial charge < -0.3 is 9.84 Å². The molecule has 29 heavy (non-hydrogen) atoms. The summed E-state index contributed by atoms with van der Waals surface area (Å²) in [6.45, 7) is 8.92. The zero-order chi connectivity index (χ0) is 21.3. The first kappa shape index (κ1) is 23.7. The van der Waals surface area contributed by atoms with Crippen LogP contribution in [0.15, 0.2) is 35.9 Å². The highest BCUT2D eigenvalue weighted by Gasteiger charge is 2.22. The standard InChI is InChI=1S/C26H40O3/c1-5-21(19-27)17-20(2)24-14-8-9-16-26(3,4)23-13-10-12-22(18-23)11-6-7-15-25(28)29-24/h10,12-13,17-18,21,24,27H,5-9,11,14-16,19H2,1-4H3/b20-17-/t21-,24+/m1/s1. The molecular formula is C26H40O3. The van der Waals surface area contributed by atoms with Crippen LogP contribution in [0.2, 0.25) is 0 Å². The van der Waals surface area contributed by atoms with Crippen molar-refractivity contribution in [3.05, 3.63) is 47.0 Å². The summed E-state index contributed by atoms with van der Waals surface area (Å²) < 4.78 is 5.89. The van der Waals surface area contributed by atoms with Crippen LogP contribution < -0.4 is 0 Å². The Kier molecular flexibility index (Phi) is 9.42. The first-order valence-corrected chi connectivity index (χ1v) is 11.4. The molecule has 0 radical (unpaired) electrons. The van der Waals surface area contributed by atoms with Crippen molar-refractivity contribution in [3.63, 3.8) is 0 Å². The van der Waals surface area contributed by atoms with Gasteiger partial charge in [-0.1, -0.05) is 57.5 Å². The van der Waals surface area contributed by atoms with Crippen LogP contribution in [-0.2, 0) is 21.4 Å². The Bertz CT molecular complexity index is 670. The number of carbonyl (C=O) groups is 1. The smallest absolute Gasteiger partial charge is 0.306 e. The highest BCUT2D eigenvalue weighted by Crippen LogP contribution is 2.31.